The van der Waals surface area contributed by atoms with Gasteiger partial charge in [0.15, 0.2) is 0 Å². The van der Waals surface area contributed by atoms with Gasteiger partial charge in [0.2, 0.25) is 5.88 Å². The molecule has 0 aliphatic heterocycles. The SMILES string of the molecule is CCNCc1cccc(OCCCOCCOC)n1. The molecule has 0 saturated heterocycles. The van der Waals surface area contributed by atoms with Gasteiger partial charge >= 0.3 is 0 Å². The van der Waals surface area contributed by atoms with Crippen LogP contribution in [0.15, 0.2) is 18.2 Å². The number of nitrogens with one attached hydrogen (secondary N) is 1. The quantitative estimate of drug-likeness (QED) is 0.618. The Morgan fingerprint density at radius 2 is 2.05 bits per heavy atom. The molecule has 1 heterocycles. The van der Waals surface area contributed by atoms with Gasteiger partial charge in [-0.3, -0.25) is 0 Å². The van der Waals surface area contributed by atoms with Crippen LogP contribution in [-0.4, -0.2) is 45.1 Å². The van der Waals surface area contributed by atoms with Crippen molar-refractivity contribution in [2.24, 2.45) is 0 Å². The molecule has 0 aromatic carbocycles. The Kier molecular flexibility index (Phi) is 8.97. The topological polar surface area (TPSA) is 52.6 Å². The first-order valence-corrected chi connectivity index (χ1v) is 6.73. The summed E-state index contributed by atoms with van der Waals surface area (Å²) in [6, 6.07) is 5.83. The molecule has 1 aromatic heterocycles. The molecule has 0 spiro atoms. The van der Waals surface area contributed by atoms with E-state index in [1.165, 1.54) is 0 Å². The Morgan fingerprint density at radius 1 is 1.16 bits per heavy atom. The molecule has 108 valence electrons. The summed E-state index contributed by atoms with van der Waals surface area (Å²) in [5.41, 5.74) is 0.996. The van der Waals surface area contributed by atoms with E-state index in [-0.39, 0.29) is 0 Å². The second-order valence-corrected chi connectivity index (χ2v) is 4.05. The third-order valence-corrected chi connectivity index (χ3v) is 2.45. The summed E-state index contributed by atoms with van der Waals surface area (Å²) in [4.78, 5) is 4.41. The van der Waals surface area contributed by atoms with E-state index >= 15 is 0 Å². The van der Waals surface area contributed by atoms with Crippen LogP contribution in [0.1, 0.15) is 19.0 Å². The average molecular weight is 268 g/mol. The fraction of sp³-hybridized carbons (Fsp3) is 0.643. The van der Waals surface area contributed by atoms with E-state index in [0.29, 0.717) is 32.3 Å². The maximum atomic E-state index is 5.58. The number of pyridine rings is 1. The molecule has 0 aliphatic carbocycles. The van der Waals surface area contributed by atoms with Gasteiger partial charge in [0.1, 0.15) is 0 Å². The lowest BCUT2D eigenvalue weighted by Gasteiger charge is -2.07. The van der Waals surface area contributed by atoms with Crippen molar-refractivity contribution in [3.8, 4) is 5.88 Å². The van der Waals surface area contributed by atoms with E-state index in [1.807, 2.05) is 18.2 Å². The van der Waals surface area contributed by atoms with Gasteiger partial charge in [-0.15, -0.1) is 0 Å². The second-order valence-electron chi connectivity index (χ2n) is 4.05. The molecule has 0 radical (unpaired) electrons. The minimum Gasteiger partial charge on any atom is -0.478 e. The Bertz CT molecular complexity index is 334. The van der Waals surface area contributed by atoms with Gasteiger partial charge in [0, 0.05) is 32.7 Å². The fourth-order valence-corrected chi connectivity index (χ4v) is 1.47. The fourth-order valence-electron chi connectivity index (χ4n) is 1.47. The van der Waals surface area contributed by atoms with Crippen LogP contribution < -0.4 is 10.1 Å². The van der Waals surface area contributed by atoms with Crippen molar-refractivity contribution in [2.45, 2.75) is 19.9 Å². The van der Waals surface area contributed by atoms with Gasteiger partial charge in [-0.05, 0) is 12.6 Å². The van der Waals surface area contributed by atoms with Crippen LogP contribution in [0.5, 0.6) is 5.88 Å². The van der Waals surface area contributed by atoms with E-state index < -0.39 is 0 Å². The molecule has 0 aliphatic rings. The Balaban J connectivity index is 2.14. The molecule has 5 nitrogen and oxygen atoms in total. The van der Waals surface area contributed by atoms with Gasteiger partial charge in [0.05, 0.1) is 25.5 Å². The first-order chi connectivity index (χ1) is 9.36. The molecule has 0 unspecified atom stereocenters. The first kappa shape index (κ1) is 15.9. The summed E-state index contributed by atoms with van der Waals surface area (Å²) < 4.78 is 15.8. The second kappa shape index (κ2) is 10.7. The summed E-state index contributed by atoms with van der Waals surface area (Å²) >= 11 is 0. The minimum absolute atomic E-state index is 0.616. The third kappa shape index (κ3) is 7.77. The zero-order valence-electron chi connectivity index (χ0n) is 11.9. The summed E-state index contributed by atoms with van der Waals surface area (Å²) in [5.74, 6) is 0.673. The predicted molar refractivity (Wildman–Crippen MR) is 74.4 cm³/mol. The van der Waals surface area contributed by atoms with Crippen LogP contribution >= 0.6 is 0 Å². The van der Waals surface area contributed by atoms with Crippen LogP contribution in [0.3, 0.4) is 0 Å². The van der Waals surface area contributed by atoms with Gasteiger partial charge < -0.3 is 19.5 Å². The number of methoxy groups -OCH3 is 1. The molecule has 0 atom stereocenters. The van der Waals surface area contributed by atoms with Crippen molar-refractivity contribution in [3.05, 3.63) is 23.9 Å². The largest absolute Gasteiger partial charge is 0.478 e. The monoisotopic (exact) mass is 268 g/mol. The standard InChI is InChI=1S/C14H24N2O3/c1-3-15-12-13-6-4-7-14(16-13)19-9-5-8-18-11-10-17-2/h4,6-7,15H,3,5,8-12H2,1-2H3. The van der Waals surface area contributed by atoms with Crippen LogP contribution in [0.4, 0.5) is 0 Å². The molecule has 0 amide bonds. The van der Waals surface area contributed by atoms with Gasteiger partial charge in [0.25, 0.3) is 0 Å². The molecule has 19 heavy (non-hydrogen) atoms. The highest BCUT2D eigenvalue weighted by Gasteiger charge is 1.98. The van der Waals surface area contributed by atoms with Crippen LogP contribution in [0, 0.1) is 0 Å². The lowest BCUT2D eigenvalue weighted by atomic mass is 10.3. The van der Waals surface area contributed by atoms with E-state index in [2.05, 4.69) is 17.2 Å². The van der Waals surface area contributed by atoms with Crippen molar-refractivity contribution in [1.29, 1.82) is 0 Å². The Morgan fingerprint density at radius 3 is 2.84 bits per heavy atom. The highest BCUT2D eigenvalue weighted by Crippen LogP contribution is 2.07. The zero-order chi connectivity index (χ0) is 13.8. The molecular formula is C14H24N2O3. The number of hydrogen-bond donors (Lipinski definition) is 1. The number of hydrogen-bond acceptors (Lipinski definition) is 5. The van der Waals surface area contributed by atoms with Crippen molar-refractivity contribution in [3.63, 3.8) is 0 Å². The Hall–Kier alpha value is -1.17. The molecular weight excluding hydrogens is 244 g/mol. The molecule has 0 bridgehead atoms. The average Bonchev–Trinajstić information content (AvgIpc) is 2.44. The minimum atomic E-state index is 0.616. The molecule has 1 rings (SSSR count). The highest BCUT2D eigenvalue weighted by atomic mass is 16.5. The molecule has 0 saturated carbocycles. The van der Waals surface area contributed by atoms with E-state index in [1.54, 1.807) is 7.11 Å². The van der Waals surface area contributed by atoms with E-state index in [4.69, 9.17) is 14.2 Å². The lowest BCUT2D eigenvalue weighted by molar-refractivity contribution is 0.0642. The van der Waals surface area contributed by atoms with Crippen molar-refractivity contribution in [1.82, 2.24) is 10.3 Å². The summed E-state index contributed by atoms with van der Waals surface area (Å²) in [6.07, 6.45) is 0.850. The number of rotatable bonds is 11. The maximum absolute atomic E-state index is 5.58. The third-order valence-electron chi connectivity index (χ3n) is 2.45. The molecule has 5 heteroatoms. The predicted octanol–water partition coefficient (Wildman–Crippen LogP) is 1.62. The maximum Gasteiger partial charge on any atom is 0.213 e. The first-order valence-electron chi connectivity index (χ1n) is 6.73. The van der Waals surface area contributed by atoms with Crippen LogP contribution in [0.25, 0.3) is 0 Å². The van der Waals surface area contributed by atoms with Gasteiger partial charge in [-0.1, -0.05) is 13.0 Å². The van der Waals surface area contributed by atoms with E-state index in [9.17, 15) is 0 Å². The highest BCUT2D eigenvalue weighted by molar-refractivity contribution is 5.15. The van der Waals surface area contributed by atoms with E-state index in [0.717, 1.165) is 25.2 Å². The van der Waals surface area contributed by atoms with Crippen molar-refractivity contribution < 1.29 is 14.2 Å². The summed E-state index contributed by atoms with van der Waals surface area (Å²) in [6.45, 7) is 6.34. The molecule has 0 fully saturated rings. The zero-order valence-corrected chi connectivity index (χ0v) is 11.9. The Labute approximate surface area is 115 Å². The smallest absolute Gasteiger partial charge is 0.213 e. The normalized spacial score (nSPS) is 10.6. The number of ether oxygens (including phenoxy) is 3. The van der Waals surface area contributed by atoms with Crippen LogP contribution in [-0.2, 0) is 16.0 Å². The van der Waals surface area contributed by atoms with Crippen molar-refractivity contribution in [2.75, 3.05) is 40.1 Å². The van der Waals surface area contributed by atoms with Crippen molar-refractivity contribution >= 4 is 0 Å². The van der Waals surface area contributed by atoms with Crippen LogP contribution in [0.2, 0.25) is 0 Å². The summed E-state index contributed by atoms with van der Waals surface area (Å²) in [5, 5.41) is 3.24. The van der Waals surface area contributed by atoms with Gasteiger partial charge in [-0.2, -0.15) is 0 Å². The number of aromatic nitrogens is 1. The molecule has 1 aromatic rings. The van der Waals surface area contributed by atoms with Gasteiger partial charge in [-0.25, -0.2) is 4.98 Å². The lowest BCUT2D eigenvalue weighted by Crippen LogP contribution is -2.13. The summed E-state index contributed by atoms with van der Waals surface area (Å²) in [7, 11) is 1.67. The number of nitrogens with zero attached hydrogens (tertiary/aromatic N) is 1. The molecule has 1 N–H and O–H groups in total.